The summed E-state index contributed by atoms with van der Waals surface area (Å²) in [6.45, 7) is 3.76. The van der Waals surface area contributed by atoms with E-state index in [1.807, 2.05) is 19.9 Å². The van der Waals surface area contributed by atoms with Gasteiger partial charge in [0.1, 0.15) is 12.1 Å². The largest absolute Gasteiger partial charge is 0.439 e. The first kappa shape index (κ1) is 10.4. The molecule has 1 heterocycles. The van der Waals surface area contributed by atoms with Gasteiger partial charge in [-0.15, -0.1) is 0 Å². The summed E-state index contributed by atoms with van der Waals surface area (Å²) in [5, 5.41) is 0. The molecule has 0 atom stereocenters. The minimum Gasteiger partial charge on any atom is -0.439 e. The molecule has 1 aromatic heterocycles. The minimum atomic E-state index is 0.506. The van der Waals surface area contributed by atoms with Crippen molar-refractivity contribution in [3.63, 3.8) is 0 Å². The number of ether oxygens (including phenoxy) is 1. The van der Waals surface area contributed by atoms with Gasteiger partial charge < -0.3 is 10.5 Å². The van der Waals surface area contributed by atoms with Crippen LogP contribution in [0.5, 0.6) is 11.6 Å². The maximum absolute atomic E-state index is 7.55. The Kier molecular flexibility index (Phi) is 2.72. The normalized spacial score (nSPS) is 10.1. The van der Waals surface area contributed by atoms with Crippen molar-refractivity contribution in [2.75, 3.05) is 0 Å². The third kappa shape index (κ3) is 2.28. The van der Waals surface area contributed by atoms with Gasteiger partial charge in [0.15, 0.2) is 0 Å². The highest BCUT2D eigenvalue weighted by molar-refractivity contribution is 5.47. The highest BCUT2D eigenvalue weighted by Crippen LogP contribution is 2.23. The fourth-order valence-corrected chi connectivity index (χ4v) is 1.31. The maximum atomic E-state index is 7.55. The zero-order valence-electron chi connectivity index (χ0n) is 9.19. The summed E-state index contributed by atoms with van der Waals surface area (Å²) in [6, 6.07) is 7.05. The second-order valence-electron chi connectivity index (χ2n) is 3.58. The first-order valence-corrected chi connectivity index (χ1v) is 4.94. The van der Waals surface area contributed by atoms with Gasteiger partial charge in [-0.05, 0) is 37.6 Å². The summed E-state index contributed by atoms with van der Waals surface area (Å²) in [7, 11) is 0. The van der Waals surface area contributed by atoms with Crippen molar-refractivity contribution in [3.05, 3.63) is 41.9 Å². The highest BCUT2D eigenvalue weighted by Gasteiger charge is 2.01. The fraction of sp³-hybridized carbons (Fsp3) is 0.167. The van der Waals surface area contributed by atoms with Crippen LogP contribution in [0, 0.1) is 13.8 Å². The topological polar surface area (TPSA) is 58.8 Å². The Balaban J connectivity index is 2.24. The molecule has 81 valence electrons. The lowest BCUT2D eigenvalue weighted by molar-refractivity contribution is 0.460. The molecule has 0 bridgehead atoms. The molecule has 4 nitrogen and oxygen atoms in total. The second-order valence-corrected chi connectivity index (χ2v) is 3.58. The van der Waals surface area contributed by atoms with Gasteiger partial charge in [-0.1, -0.05) is 0 Å². The molecule has 1 radical (unpaired) electrons. The zero-order valence-corrected chi connectivity index (χ0v) is 9.19. The predicted octanol–water partition coefficient (Wildman–Crippen LogP) is 2.80. The molecule has 0 saturated carbocycles. The van der Waals surface area contributed by atoms with Crippen LogP contribution in [0.1, 0.15) is 11.3 Å². The fourth-order valence-electron chi connectivity index (χ4n) is 1.31. The van der Waals surface area contributed by atoms with E-state index >= 15 is 0 Å². The van der Waals surface area contributed by atoms with Crippen LogP contribution in [0.2, 0.25) is 0 Å². The third-order valence-corrected chi connectivity index (χ3v) is 2.20. The maximum Gasteiger partial charge on any atom is 0.222 e. The first-order valence-electron chi connectivity index (χ1n) is 4.94. The lowest BCUT2D eigenvalue weighted by atomic mass is 10.2. The Morgan fingerprint density at radius 1 is 1.12 bits per heavy atom. The molecule has 2 rings (SSSR count). The lowest BCUT2D eigenvalue weighted by Crippen LogP contribution is -1.91. The summed E-state index contributed by atoms with van der Waals surface area (Å²) < 4.78 is 5.56. The second kappa shape index (κ2) is 4.18. The van der Waals surface area contributed by atoms with Crippen molar-refractivity contribution in [2.45, 2.75) is 13.8 Å². The van der Waals surface area contributed by atoms with E-state index in [1.54, 1.807) is 18.2 Å². The molecule has 1 aromatic carbocycles. The SMILES string of the molecule is Cc1cc(Oc2ccc([NH])c(C)c2)ncn1. The summed E-state index contributed by atoms with van der Waals surface area (Å²) in [6.07, 6.45) is 1.47. The van der Waals surface area contributed by atoms with Crippen LogP contribution in [0.3, 0.4) is 0 Å². The summed E-state index contributed by atoms with van der Waals surface area (Å²) in [5.74, 6) is 1.20. The molecular weight excluding hydrogens is 202 g/mol. The number of aryl methyl sites for hydroxylation is 2. The van der Waals surface area contributed by atoms with Crippen LogP contribution in [0.15, 0.2) is 30.6 Å². The molecule has 0 spiro atoms. The molecule has 0 aliphatic rings. The summed E-state index contributed by atoms with van der Waals surface area (Å²) >= 11 is 0. The van der Waals surface area contributed by atoms with Crippen LogP contribution < -0.4 is 10.5 Å². The third-order valence-electron chi connectivity index (χ3n) is 2.20. The van der Waals surface area contributed by atoms with Gasteiger partial charge in [0, 0.05) is 11.8 Å². The Hall–Kier alpha value is -2.10. The monoisotopic (exact) mass is 214 g/mol. The molecule has 0 unspecified atom stereocenters. The van der Waals surface area contributed by atoms with E-state index in [4.69, 9.17) is 10.5 Å². The Morgan fingerprint density at radius 3 is 2.62 bits per heavy atom. The Labute approximate surface area is 94.1 Å². The standard InChI is InChI=1S/C12H12N3O/c1-8-5-10(3-4-11(8)13)16-12-6-9(2)14-7-15-12/h3-7,13H,1-2H3. The quantitative estimate of drug-likeness (QED) is 0.772. The smallest absolute Gasteiger partial charge is 0.222 e. The molecule has 0 aliphatic heterocycles. The Bertz CT molecular complexity index is 511. The zero-order chi connectivity index (χ0) is 11.5. The lowest BCUT2D eigenvalue weighted by Gasteiger charge is -2.06. The van der Waals surface area contributed by atoms with Crippen molar-refractivity contribution in [1.29, 1.82) is 0 Å². The van der Waals surface area contributed by atoms with Gasteiger partial charge in [-0.25, -0.2) is 9.97 Å². The van der Waals surface area contributed by atoms with Gasteiger partial charge in [-0.2, -0.15) is 0 Å². The van der Waals surface area contributed by atoms with Gasteiger partial charge >= 0.3 is 0 Å². The molecule has 0 amide bonds. The van der Waals surface area contributed by atoms with Crippen molar-refractivity contribution < 1.29 is 4.74 Å². The van der Waals surface area contributed by atoms with Gasteiger partial charge in [0.25, 0.3) is 0 Å². The predicted molar refractivity (Wildman–Crippen MR) is 60.8 cm³/mol. The van der Waals surface area contributed by atoms with Crippen molar-refractivity contribution in [2.24, 2.45) is 0 Å². The van der Waals surface area contributed by atoms with Crippen LogP contribution >= 0.6 is 0 Å². The summed E-state index contributed by atoms with van der Waals surface area (Å²) in [5.41, 5.74) is 9.79. The Morgan fingerprint density at radius 2 is 1.94 bits per heavy atom. The molecule has 4 heteroatoms. The first-order chi connectivity index (χ1) is 7.65. The number of hydrogen-bond donors (Lipinski definition) is 0. The van der Waals surface area contributed by atoms with E-state index in [-0.39, 0.29) is 0 Å². The average molecular weight is 214 g/mol. The van der Waals surface area contributed by atoms with Crippen molar-refractivity contribution in [3.8, 4) is 11.6 Å². The van der Waals surface area contributed by atoms with Crippen LogP contribution in [-0.2, 0) is 0 Å². The van der Waals surface area contributed by atoms with E-state index < -0.39 is 0 Å². The van der Waals surface area contributed by atoms with E-state index in [0.717, 1.165) is 11.3 Å². The molecule has 0 fully saturated rings. The number of nitrogens with one attached hydrogen (secondary N) is 1. The number of benzene rings is 1. The van der Waals surface area contributed by atoms with Gasteiger partial charge in [0.05, 0.1) is 5.69 Å². The van der Waals surface area contributed by atoms with Crippen LogP contribution in [0.4, 0.5) is 5.69 Å². The van der Waals surface area contributed by atoms with Crippen LogP contribution in [-0.4, -0.2) is 9.97 Å². The number of rotatable bonds is 2. The van der Waals surface area contributed by atoms with Crippen molar-refractivity contribution in [1.82, 2.24) is 15.7 Å². The summed E-state index contributed by atoms with van der Waals surface area (Å²) in [4.78, 5) is 8.00. The van der Waals surface area contributed by atoms with E-state index in [2.05, 4.69) is 9.97 Å². The number of hydrogen-bond acceptors (Lipinski definition) is 3. The number of aromatic nitrogens is 2. The van der Waals surface area contributed by atoms with E-state index in [0.29, 0.717) is 17.3 Å². The van der Waals surface area contributed by atoms with E-state index in [1.165, 1.54) is 6.33 Å². The number of nitrogens with zero attached hydrogens (tertiary/aromatic N) is 2. The van der Waals surface area contributed by atoms with Crippen LogP contribution in [0.25, 0.3) is 0 Å². The van der Waals surface area contributed by atoms with Gasteiger partial charge in [0.2, 0.25) is 5.88 Å². The molecule has 0 aliphatic carbocycles. The highest BCUT2D eigenvalue weighted by atomic mass is 16.5. The van der Waals surface area contributed by atoms with Crippen molar-refractivity contribution >= 4 is 5.69 Å². The minimum absolute atomic E-state index is 0.506. The van der Waals surface area contributed by atoms with E-state index in [9.17, 15) is 0 Å². The molecule has 16 heavy (non-hydrogen) atoms. The molecule has 0 saturated heterocycles. The average Bonchev–Trinajstić information content (AvgIpc) is 2.24. The molecule has 1 N–H and O–H groups in total. The molecular formula is C12H12N3O. The van der Waals surface area contributed by atoms with Gasteiger partial charge in [-0.3, -0.25) is 0 Å². The molecule has 2 aromatic rings.